The first-order valence-corrected chi connectivity index (χ1v) is 14.2. The first kappa shape index (κ1) is 26.4. The van der Waals surface area contributed by atoms with Crippen LogP contribution in [0.15, 0.2) is 132 Å². The molecular weight excluding hydrogens is 531 g/mol. The van der Waals surface area contributed by atoms with Gasteiger partial charge in [0, 0.05) is 22.4 Å². The summed E-state index contributed by atoms with van der Waals surface area (Å²) in [5, 5.41) is 4.42. The van der Waals surface area contributed by atoms with Crippen molar-refractivity contribution >= 4 is 32.9 Å². The highest BCUT2D eigenvalue weighted by Crippen LogP contribution is 2.29. The van der Waals surface area contributed by atoms with E-state index in [4.69, 9.17) is 19.9 Å². The van der Waals surface area contributed by atoms with Gasteiger partial charge in [-0.15, -0.1) is 0 Å². The summed E-state index contributed by atoms with van der Waals surface area (Å²) in [6, 6.07) is 41.4. The SMILES string of the molecule is CC(=Nc1ccccc1C)c1ccc2cc(-c3nc(-c4ccc(F)cc4)nc(-c4ccc5ccccc5c4)n3)ccc2c1. The van der Waals surface area contributed by atoms with Crippen LogP contribution in [-0.4, -0.2) is 20.7 Å². The molecule has 0 saturated heterocycles. The van der Waals surface area contributed by atoms with Crippen molar-refractivity contribution in [1.29, 1.82) is 0 Å². The molecule has 0 aliphatic carbocycles. The molecule has 0 amide bonds. The number of rotatable bonds is 5. The Morgan fingerprint density at radius 2 is 1.05 bits per heavy atom. The zero-order chi connectivity index (χ0) is 29.3. The first-order chi connectivity index (χ1) is 21.0. The molecule has 0 fully saturated rings. The van der Waals surface area contributed by atoms with Crippen molar-refractivity contribution in [3.05, 3.63) is 144 Å². The van der Waals surface area contributed by atoms with Crippen LogP contribution in [0.3, 0.4) is 0 Å². The van der Waals surface area contributed by atoms with Crippen LogP contribution >= 0.6 is 0 Å². The second-order valence-electron chi connectivity index (χ2n) is 10.6. The third-order valence-electron chi connectivity index (χ3n) is 7.67. The van der Waals surface area contributed by atoms with E-state index < -0.39 is 0 Å². The molecule has 0 N–H and O–H groups in total. The number of nitrogens with zero attached hydrogens (tertiary/aromatic N) is 4. The first-order valence-electron chi connectivity index (χ1n) is 14.2. The van der Waals surface area contributed by atoms with E-state index in [9.17, 15) is 4.39 Å². The van der Waals surface area contributed by atoms with Gasteiger partial charge in [-0.2, -0.15) is 0 Å². The lowest BCUT2D eigenvalue weighted by Gasteiger charge is -2.10. The van der Waals surface area contributed by atoms with Crippen molar-refractivity contribution in [2.75, 3.05) is 0 Å². The molecule has 43 heavy (non-hydrogen) atoms. The molecule has 206 valence electrons. The van der Waals surface area contributed by atoms with Crippen molar-refractivity contribution in [2.45, 2.75) is 13.8 Å². The number of aliphatic imine (C=N–C) groups is 1. The maximum Gasteiger partial charge on any atom is 0.164 e. The average Bonchev–Trinajstić information content (AvgIpc) is 3.05. The van der Waals surface area contributed by atoms with Gasteiger partial charge in [-0.05, 0) is 95.1 Å². The van der Waals surface area contributed by atoms with E-state index in [1.165, 1.54) is 12.1 Å². The molecule has 0 saturated carbocycles. The van der Waals surface area contributed by atoms with E-state index in [0.717, 1.165) is 60.8 Å². The number of para-hydroxylation sites is 1. The summed E-state index contributed by atoms with van der Waals surface area (Å²) in [7, 11) is 0. The quantitative estimate of drug-likeness (QED) is 0.198. The Morgan fingerprint density at radius 3 is 1.74 bits per heavy atom. The van der Waals surface area contributed by atoms with Crippen molar-refractivity contribution in [3.8, 4) is 34.2 Å². The van der Waals surface area contributed by atoms with Crippen LogP contribution < -0.4 is 0 Å². The van der Waals surface area contributed by atoms with E-state index in [2.05, 4.69) is 67.6 Å². The number of benzene rings is 6. The number of halogens is 1. The van der Waals surface area contributed by atoms with Crippen molar-refractivity contribution in [2.24, 2.45) is 4.99 Å². The normalized spacial score (nSPS) is 11.7. The minimum Gasteiger partial charge on any atom is -0.253 e. The summed E-state index contributed by atoms with van der Waals surface area (Å²) in [6.45, 7) is 4.11. The largest absolute Gasteiger partial charge is 0.253 e. The van der Waals surface area contributed by atoms with Crippen LogP contribution in [0.5, 0.6) is 0 Å². The van der Waals surface area contributed by atoms with E-state index in [-0.39, 0.29) is 5.82 Å². The lowest BCUT2D eigenvalue weighted by atomic mass is 10.0. The predicted octanol–water partition coefficient (Wildman–Crippen LogP) is 9.77. The van der Waals surface area contributed by atoms with Crippen molar-refractivity contribution in [3.63, 3.8) is 0 Å². The van der Waals surface area contributed by atoms with Crippen molar-refractivity contribution in [1.82, 2.24) is 15.0 Å². The molecule has 0 atom stereocenters. The van der Waals surface area contributed by atoms with Crippen LogP contribution in [0.1, 0.15) is 18.1 Å². The third-order valence-corrected chi connectivity index (χ3v) is 7.67. The summed E-state index contributed by atoms with van der Waals surface area (Å²) in [4.78, 5) is 19.4. The Kier molecular flexibility index (Phi) is 6.76. The topological polar surface area (TPSA) is 51.0 Å². The standard InChI is InChI=1S/C38H27FN4/c1-24-7-3-6-10-35(24)40-25(2)28-12-13-31-23-33(16-14-30(31)21-28)38-42-36(27-17-19-34(39)20-18-27)41-37(43-38)32-15-11-26-8-4-5-9-29(26)22-32/h3-23H,1-2H3. The monoisotopic (exact) mass is 558 g/mol. The van der Waals surface area contributed by atoms with Gasteiger partial charge in [-0.25, -0.2) is 19.3 Å². The van der Waals surface area contributed by atoms with E-state index >= 15 is 0 Å². The van der Waals surface area contributed by atoms with Gasteiger partial charge in [-0.3, -0.25) is 4.99 Å². The lowest BCUT2D eigenvalue weighted by molar-refractivity contribution is 0.628. The lowest BCUT2D eigenvalue weighted by Crippen LogP contribution is -2.00. The fraction of sp³-hybridized carbons (Fsp3) is 0.0526. The molecule has 7 aromatic rings. The minimum absolute atomic E-state index is 0.305. The van der Waals surface area contributed by atoms with Gasteiger partial charge in [0.05, 0.1) is 5.69 Å². The molecule has 1 aromatic heterocycles. The Hall–Kier alpha value is -5.55. The molecule has 4 nitrogen and oxygen atoms in total. The Bertz CT molecular complexity index is 2170. The molecule has 5 heteroatoms. The highest BCUT2D eigenvalue weighted by molar-refractivity contribution is 6.03. The van der Waals surface area contributed by atoms with Gasteiger partial charge >= 0.3 is 0 Å². The second kappa shape index (κ2) is 11.0. The van der Waals surface area contributed by atoms with Gasteiger partial charge in [0.25, 0.3) is 0 Å². The fourth-order valence-corrected chi connectivity index (χ4v) is 5.23. The van der Waals surface area contributed by atoms with Crippen LogP contribution in [0, 0.1) is 12.7 Å². The number of aromatic nitrogens is 3. The Labute approximate surface area is 249 Å². The molecule has 7 rings (SSSR count). The van der Waals surface area contributed by atoms with Gasteiger partial charge in [0.15, 0.2) is 17.5 Å². The predicted molar refractivity (Wildman–Crippen MR) is 174 cm³/mol. The summed E-state index contributed by atoms with van der Waals surface area (Å²) in [5.74, 6) is 1.31. The highest BCUT2D eigenvalue weighted by Gasteiger charge is 2.14. The van der Waals surface area contributed by atoms with Crippen LogP contribution in [0.2, 0.25) is 0 Å². The van der Waals surface area contributed by atoms with Crippen LogP contribution in [0.4, 0.5) is 10.1 Å². The van der Waals surface area contributed by atoms with E-state index in [0.29, 0.717) is 17.5 Å². The fourth-order valence-electron chi connectivity index (χ4n) is 5.23. The molecule has 0 bridgehead atoms. The molecule has 6 aromatic carbocycles. The summed E-state index contributed by atoms with van der Waals surface area (Å²) in [6.07, 6.45) is 0. The Morgan fingerprint density at radius 1 is 0.535 bits per heavy atom. The second-order valence-corrected chi connectivity index (χ2v) is 10.6. The molecule has 0 spiro atoms. The molecule has 0 aliphatic heterocycles. The van der Waals surface area contributed by atoms with Gasteiger partial charge < -0.3 is 0 Å². The molecule has 0 radical (unpaired) electrons. The zero-order valence-corrected chi connectivity index (χ0v) is 23.8. The third kappa shape index (κ3) is 5.41. The molecule has 0 aliphatic rings. The summed E-state index contributed by atoms with van der Waals surface area (Å²) in [5.41, 5.74) is 6.64. The maximum absolute atomic E-state index is 13.7. The maximum atomic E-state index is 13.7. The number of aryl methyl sites for hydroxylation is 1. The molecule has 0 unspecified atom stereocenters. The molecule has 1 heterocycles. The molecular formula is C38H27FN4. The van der Waals surface area contributed by atoms with Crippen molar-refractivity contribution < 1.29 is 4.39 Å². The highest BCUT2D eigenvalue weighted by atomic mass is 19.1. The summed E-state index contributed by atoms with van der Waals surface area (Å²) >= 11 is 0. The number of fused-ring (bicyclic) bond motifs is 2. The van der Waals surface area contributed by atoms with Gasteiger partial charge in [-0.1, -0.05) is 78.9 Å². The average molecular weight is 559 g/mol. The van der Waals surface area contributed by atoms with E-state index in [1.54, 1.807) is 12.1 Å². The van der Waals surface area contributed by atoms with E-state index in [1.807, 2.05) is 49.4 Å². The number of hydrogen-bond donors (Lipinski definition) is 0. The van der Waals surface area contributed by atoms with Gasteiger partial charge in [0.2, 0.25) is 0 Å². The van der Waals surface area contributed by atoms with Crippen LogP contribution in [0.25, 0.3) is 55.7 Å². The zero-order valence-electron chi connectivity index (χ0n) is 23.8. The van der Waals surface area contributed by atoms with Crippen LogP contribution in [-0.2, 0) is 0 Å². The smallest absolute Gasteiger partial charge is 0.164 e. The summed E-state index contributed by atoms with van der Waals surface area (Å²) < 4.78 is 13.7. The van der Waals surface area contributed by atoms with Gasteiger partial charge in [0.1, 0.15) is 5.82 Å². The Balaban J connectivity index is 1.31. The number of hydrogen-bond acceptors (Lipinski definition) is 4. The minimum atomic E-state index is -0.305.